The average molecular weight is 154 g/mol. The van der Waals surface area contributed by atoms with Gasteiger partial charge < -0.3 is 0 Å². The van der Waals surface area contributed by atoms with Gasteiger partial charge in [0.1, 0.15) is 0 Å². The zero-order valence-corrected chi connectivity index (χ0v) is 5.59. The number of hydroxylamine groups is 1. The second-order valence-electron chi connectivity index (χ2n) is 2.50. The lowest BCUT2D eigenvalue weighted by atomic mass is 10.0. The van der Waals surface area contributed by atoms with Crippen LogP contribution in [-0.4, -0.2) is 17.4 Å². The van der Waals surface area contributed by atoms with Crippen LogP contribution >= 0.6 is 0 Å². The van der Waals surface area contributed by atoms with Crippen LogP contribution in [0, 0.1) is 0 Å². The number of hydrogen-bond acceptors (Lipinski definition) is 4. The molecule has 58 valence electrons. The third-order valence-corrected chi connectivity index (χ3v) is 1.72. The SMILES string of the molecule is O=C1CC2(C=CNO2)C(=O)N1. The highest BCUT2D eigenvalue weighted by molar-refractivity contribution is 6.09. The monoisotopic (exact) mass is 154 g/mol. The maximum absolute atomic E-state index is 11.1. The van der Waals surface area contributed by atoms with Crippen molar-refractivity contribution in [3.8, 4) is 0 Å². The molecule has 11 heavy (non-hydrogen) atoms. The summed E-state index contributed by atoms with van der Waals surface area (Å²) in [5.74, 6) is -0.702. The van der Waals surface area contributed by atoms with Crippen LogP contribution in [-0.2, 0) is 14.4 Å². The molecule has 2 amide bonds. The highest BCUT2D eigenvalue weighted by Crippen LogP contribution is 2.25. The Balaban J connectivity index is 2.32. The number of hydrogen-bond donors (Lipinski definition) is 2. The van der Waals surface area contributed by atoms with E-state index in [0.29, 0.717) is 0 Å². The van der Waals surface area contributed by atoms with Crippen molar-refractivity contribution in [2.45, 2.75) is 12.0 Å². The molecule has 0 radical (unpaired) electrons. The van der Waals surface area contributed by atoms with Crippen LogP contribution in [0.2, 0.25) is 0 Å². The molecule has 1 fully saturated rings. The minimum Gasteiger partial charge on any atom is -0.293 e. The highest BCUT2D eigenvalue weighted by atomic mass is 16.7. The van der Waals surface area contributed by atoms with Crippen molar-refractivity contribution in [2.24, 2.45) is 0 Å². The summed E-state index contributed by atoms with van der Waals surface area (Å²) < 4.78 is 0. The molecular formula is C6H6N2O3. The summed E-state index contributed by atoms with van der Waals surface area (Å²) in [6, 6.07) is 0. The van der Waals surface area contributed by atoms with Gasteiger partial charge in [-0.2, -0.15) is 0 Å². The first-order chi connectivity index (χ1) is 5.23. The summed E-state index contributed by atoms with van der Waals surface area (Å²) >= 11 is 0. The number of rotatable bonds is 0. The molecule has 0 aromatic rings. The summed E-state index contributed by atoms with van der Waals surface area (Å²) in [4.78, 5) is 26.7. The van der Waals surface area contributed by atoms with E-state index in [9.17, 15) is 9.59 Å². The molecule has 2 aliphatic rings. The molecular weight excluding hydrogens is 148 g/mol. The second kappa shape index (κ2) is 1.82. The number of amides is 2. The third-order valence-electron chi connectivity index (χ3n) is 1.72. The van der Waals surface area contributed by atoms with Gasteiger partial charge in [0, 0.05) is 6.20 Å². The van der Waals surface area contributed by atoms with E-state index in [-0.39, 0.29) is 12.3 Å². The lowest BCUT2D eigenvalue weighted by Crippen LogP contribution is -2.38. The Hall–Kier alpha value is -1.36. The van der Waals surface area contributed by atoms with Crippen LogP contribution in [0.25, 0.3) is 0 Å². The third kappa shape index (κ3) is 0.743. The van der Waals surface area contributed by atoms with Crippen molar-refractivity contribution in [1.82, 2.24) is 10.8 Å². The van der Waals surface area contributed by atoms with E-state index in [1.54, 1.807) is 0 Å². The van der Waals surface area contributed by atoms with Crippen LogP contribution in [0.3, 0.4) is 0 Å². The second-order valence-corrected chi connectivity index (χ2v) is 2.50. The number of carbonyl (C=O) groups excluding carboxylic acids is 2. The first-order valence-corrected chi connectivity index (χ1v) is 3.18. The number of carbonyl (C=O) groups is 2. The molecule has 2 N–H and O–H groups in total. The molecule has 5 heteroatoms. The Labute approximate surface area is 62.4 Å². The van der Waals surface area contributed by atoms with E-state index >= 15 is 0 Å². The molecule has 2 rings (SSSR count). The summed E-state index contributed by atoms with van der Waals surface area (Å²) in [7, 11) is 0. The quantitative estimate of drug-likeness (QED) is 0.431. The molecule has 0 aromatic heterocycles. The van der Waals surface area contributed by atoms with Gasteiger partial charge in [-0.1, -0.05) is 0 Å². The van der Waals surface area contributed by atoms with E-state index in [4.69, 9.17) is 4.84 Å². The van der Waals surface area contributed by atoms with Gasteiger partial charge in [-0.15, -0.1) is 0 Å². The number of nitrogens with one attached hydrogen (secondary N) is 2. The molecule has 1 atom stereocenters. The van der Waals surface area contributed by atoms with Crippen LogP contribution in [0.4, 0.5) is 0 Å². The Morgan fingerprint density at radius 2 is 2.36 bits per heavy atom. The lowest BCUT2D eigenvalue weighted by Gasteiger charge is -2.13. The maximum Gasteiger partial charge on any atom is 0.266 e. The van der Waals surface area contributed by atoms with Gasteiger partial charge in [-0.05, 0) is 6.08 Å². The van der Waals surface area contributed by atoms with Crippen LogP contribution in [0.1, 0.15) is 6.42 Å². The Kier molecular flexibility index (Phi) is 1.05. The fourth-order valence-electron chi connectivity index (χ4n) is 1.15. The van der Waals surface area contributed by atoms with E-state index in [1.165, 1.54) is 12.3 Å². The van der Waals surface area contributed by atoms with Crippen molar-refractivity contribution >= 4 is 11.8 Å². The van der Waals surface area contributed by atoms with Crippen molar-refractivity contribution in [3.63, 3.8) is 0 Å². The highest BCUT2D eigenvalue weighted by Gasteiger charge is 2.48. The molecule has 0 saturated carbocycles. The standard InChI is InChI=1S/C6H6N2O3/c9-4-3-6(5(10)8-4)1-2-7-11-6/h1-2,7H,3H2,(H,8,9,10). The normalized spacial score (nSPS) is 34.5. The number of imide groups is 1. The summed E-state index contributed by atoms with van der Waals surface area (Å²) in [5, 5.41) is 2.16. The zero-order chi connectivity index (χ0) is 7.90. The van der Waals surface area contributed by atoms with Crippen molar-refractivity contribution in [2.75, 3.05) is 0 Å². The lowest BCUT2D eigenvalue weighted by molar-refractivity contribution is -0.138. The van der Waals surface area contributed by atoms with E-state index in [1.807, 2.05) is 0 Å². The molecule has 0 aromatic carbocycles. The average Bonchev–Trinajstić information content (AvgIpc) is 2.45. The summed E-state index contributed by atoms with van der Waals surface area (Å²) in [6.45, 7) is 0. The summed E-state index contributed by atoms with van der Waals surface area (Å²) in [6.07, 6.45) is 3.10. The fraction of sp³-hybridized carbons (Fsp3) is 0.333. The summed E-state index contributed by atoms with van der Waals surface area (Å²) in [5.41, 5.74) is 1.34. The van der Waals surface area contributed by atoms with Crippen molar-refractivity contribution in [3.05, 3.63) is 12.3 Å². The molecule has 1 saturated heterocycles. The van der Waals surface area contributed by atoms with Gasteiger partial charge in [0.05, 0.1) is 6.42 Å². The van der Waals surface area contributed by atoms with E-state index < -0.39 is 11.5 Å². The maximum atomic E-state index is 11.1. The largest absolute Gasteiger partial charge is 0.293 e. The molecule has 1 spiro atoms. The van der Waals surface area contributed by atoms with Crippen LogP contribution in [0.5, 0.6) is 0 Å². The molecule has 5 nitrogen and oxygen atoms in total. The van der Waals surface area contributed by atoms with Crippen molar-refractivity contribution < 1.29 is 14.4 Å². The van der Waals surface area contributed by atoms with E-state index in [2.05, 4.69) is 10.8 Å². The predicted octanol–water partition coefficient (Wildman–Crippen LogP) is -1.18. The van der Waals surface area contributed by atoms with Gasteiger partial charge in [0.15, 0.2) is 0 Å². The molecule has 1 unspecified atom stereocenters. The predicted molar refractivity (Wildman–Crippen MR) is 33.9 cm³/mol. The Morgan fingerprint density at radius 3 is 2.82 bits per heavy atom. The Bertz CT molecular complexity index is 261. The van der Waals surface area contributed by atoms with Gasteiger partial charge >= 0.3 is 0 Å². The first kappa shape index (κ1) is 6.36. The molecule has 0 aliphatic carbocycles. The smallest absolute Gasteiger partial charge is 0.266 e. The van der Waals surface area contributed by atoms with Gasteiger partial charge in [0.2, 0.25) is 11.5 Å². The first-order valence-electron chi connectivity index (χ1n) is 3.18. The van der Waals surface area contributed by atoms with Gasteiger partial charge in [-0.25, -0.2) is 0 Å². The topological polar surface area (TPSA) is 67.4 Å². The zero-order valence-electron chi connectivity index (χ0n) is 5.59. The molecule has 2 heterocycles. The van der Waals surface area contributed by atoms with Crippen LogP contribution < -0.4 is 10.8 Å². The van der Waals surface area contributed by atoms with E-state index in [0.717, 1.165) is 0 Å². The Morgan fingerprint density at radius 1 is 1.55 bits per heavy atom. The van der Waals surface area contributed by atoms with Crippen molar-refractivity contribution in [1.29, 1.82) is 0 Å². The van der Waals surface area contributed by atoms with Crippen LogP contribution in [0.15, 0.2) is 12.3 Å². The minimum atomic E-state index is -1.07. The minimum absolute atomic E-state index is 0.0648. The fourth-order valence-corrected chi connectivity index (χ4v) is 1.15. The molecule has 0 bridgehead atoms. The molecule has 2 aliphatic heterocycles. The van der Waals surface area contributed by atoms with Gasteiger partial charge in [-0.3, -0.25) is 25.2 Å². The van der Waals surface area contributed by atoms with Gasteiger partial charge in [0.25, 0.3) is 5.91 Å².